The maximum Gasteiger partial charge on any atom is 0.243 e. The van der Waals surface area contributed by atoms with E-state index in [4.69, 9.17) is 11.6 Å². The van der Waals surface area contributed by atoms with E-state index < -0.39 is 21.7 Å². The van der Waals surface area contributed by atoms with Crippen molar-refractivity contribution in [1.82, 2.24) is 9.62 Å². The molecule has 2 aromatic carbocycles. The molecule has 1 heterocycles. The topological polar surface area (TPSA) is 66.5 Å². The lowest BCUT2D eigenvalue weighted by Gasteiger charge is -2.30. The van der Waals surface area contributed by atoms with Gasteiger partial charge >= 0.3 is 0 Å². The summed E-state index contributed by atoms with van der Waals surface area (Å²) in [4.78, 5) is 12.1. The van der Waals surface area contributed by atoms with Crippen molar-refractivity contribution in [1.29, 1.82) is 0 Å². The minimum atomic E-state index is -3.93. The van der Waals surface area contributed by atoms with Crippen LogP contribution >= 0.6 is 11.6 Å². The zero-order valence-electron chi connectivity index (χ0n) is 14.9. The van der Waals surface area contributed by atoms with Gasteiger partial charge in [-0.05, 0) is 48.7 Å². The van der Waals surface area contributed by atoms with Crippen molar-refractivity contribution in [2.24, 2.45) is 5.92 Å². The molecule has 2 aromatic rings. The third-order valence-electron chi connectivity index (χ3n) is 4.71. The lowest BCUT2D eigenvalue weighted by molar-refractivity contribution is -0.126. The Bertz CT molecular complexity index is 977. The van der Waals surface area contributed by atoms with Crippen molar-refractivity contribution in [3.8, 4) is 0 Å². The van der Waals surface area contributed by atoms with Crippen LogP contribution in [0.2, 0.25) is 5.02 Å². The lowest BCUT2D eigenvalue weighted by atomic mass is 9.97. The molecule has 0 unspecified atom stereocenters. The maximum absolute atomic E-state index is 13.4. The summed E-state index contributed by atoms with van der Waals surface area (Å²) in [7, 11) is -3.93. The number of carbonyl (C=O) groups excluding carboxylic acids is 1. The number of nitrogens with zero attached hydrogens (tertiary/aromatic N) is 1. The first-order valence-electron chi connectivity index (χ1n) is 8.75. The summed E-state index contributed by atoms with van der Waals surface area (Å²) in [5, 5.41) is 3.42. The largest absolute Gasteiger partial charge is 0.352 e. The zero-order valence-corrected chi connectivity index (χ0v) is 16.4. The van der Waals surface area contributed by atoms with Crippen molar-refractivity contribution < 1.29 is 22.0 Å². The molecule has 1 fully saturated rings. The highest BCUT2D eigenvalue weighted by Gasteiger charge is 2.32. The van der Waals surface area contributed by atoms with Crippen molar-refractivity contribution in [2.45, 2.75) is 24.3 Å². The maximum atomic E-state index is 13.4. The zero-order chi connectivity index (χ0) is 20.3. The molecule has 0 aliphatic carbocycles. The molecule has 1 saturated heterocycles. The van der Waals surface area contributed by atoms with Gasteiger partial charge in [0.1, 0.15) is 0 Å². The van der Waals surface area contributed by atoms with Crippen LogP contribution in [0.1, 0.15) is 18.4 Å². The average Bonchev–Trinajstić information content (AvgIpc) is 2.68. The minimum absolute atomic E-state index is 0.135. The number of amides is 1. The molecule has 0 atom stereocenters. The normalized spacial score (nSPS) is 16.1. The number of rotatable bonds is 5. The highest BCUT2D eigenvalue weighted by atomic mass is 35.5. The van der Waals surface area contributed by atoms with Gasteiger partial charge in [-0.3, -0.25) is 4.79 Å². The lowest BCUT2D eigenvalue weighted by Crippen LogP contribution is -2.42. The van der Waals surface area contributed by atoms with Crippen LogP contribution in [0.15, 0.2) is 47.4 Å². The summed E-state index contributed by atoms with van der Waals surface area (Å²) in [6.45, 7) is 0.611. The fourth-order valence-corrected chi connectivity index (χ4v) is 4.82. The Hall–Kier alpha value is -2.03. The highest BCUT2D eigenvalue weighted by Crippen LogP contribution is 2.25. The Kier molecular flexibility index (Phi) is 6.32. The Morgan fingerprint density at radius 1 is 1.11 bits per heavy atom. The number of halogens is 3. The van der Waals surface area contributed by atoms with Crippen LogP contribution in [-0.2, 0) is 21.4 Å². The number of benzene rings is 2. The molecule has 5 nitrogen and oxygen atoms in total. The van der Waals surface area contributed by atoms with E-state index in [9.17, 15) is 22.0 Å². The second-order valence-corrected chi connectivity index (χ2v) is 8.98. The molecular formula is C19H19ClF2N2O3S. The second-order valence-electron chi connectivity index (χ2n) is 6.60. The summed E-state index contributed by atoms with van der Waals surface area (Å²) >= 11 is 5.92. The Labute approximate surface area is 167 Å². The van der Waals surface area contributed by atoms with Crippen molar-refractivity contribution >= 4 is 27.5 Å². The number of hydrogen-bond acceptors (Lipinski definition) is 3. The first-order chi connectivity index (χ1) is 13.3. The van der Waals surface area contributed by atoms with Gasteiger partial charge in [0, 0.05) is 30.6 Å². The first-order valence-corrected chi connectivity index (χ1v) is 10.6. The van der Waals surface area contributed by atoms with E-state index >= 15 is 0 Å². The van der Waals surface area contributed by atoms with Gasteiger partial charge in [0.25, 0.3) is 0 Å². The summed E-state index contributed by atoms with van der Waals surface area (Å²) in [6.07, 6.45) is 0.703. The molecule has 0 aromatic heterocycles. The third kappa shape index (κ3) is 4.68. The molecule has 28 heavy (non-hydrogen) atoms. The van der Waals surface area contributed by atoms with Crippen LogP contribution in [0.4, 0.5) is 8.78 Å². The van der Waals surface area contributed by atoms with Crippen LogP contribution < -0.4 is 5.32 Å². The van der Waals surface area contributed by atoms with Crippen LogP contribution in [0.3, 0.4) is 0 Å². The molecule has 0 bridgehead atoms. The van der Waals surface area contributed by atoms with Crippen molar-refractivity contribution in [2.75, 3.05) is 13.1 Å². The monoisotopic (exact) mass is 428 g/mol. The van der Waals surface area contributed by atoms with E-state index in [1.54, 1.807) is 18.2 Å². The Balaban J connectivity index is 1.57. The van der Waals surface area contributed by atoms with Gasteiger partial charge in [-0.25, -0.2) is 17.2 Å². The van der Waals surface area contributed by atoms with Gasteiger partial charge < -0.3 is 5.32 Å². The molecule has 1 aliphatic heterocycles. The van der Waals surface area contributed by atoms with Crippen LogP contribution in [0, 0.1) is 17.6 Å². The van der Waals surface area contributed by atoms with Gasteiger partial charge in [-0.2, -0.15) is 4.31 Å². The van der Waals surface area contributed by atoms with E-state index in [0.717, 1.165) is 17.7 Å². The van der Waals surface area contributed by atoms with Crippen molar-refractivity contribution in [3.63, 3.8) is 0 Å². The van der Waals surface area contributed by atoms with Crippen molar-refractivity contribution in [3.05, 3.63) is 64.7 Å². The summed E-state index contributed by atoms with van der Waals surface area (Å²) in [5.74, 6) is -2.77. The smallest absolute Gasteiger partial charge is 0.243 e. The summed E-state index contributed by atoms with van der Waals surface area (Å²) in [6, 6.07) is 9.66. The van der Waals surface area contributed by atoms with Crippen LogP contribution in [0.5, 0.6) is 0 Å². The van der Waals surface area contributed by atoms with E-state index in [1.807, 2.05) is 6.07 Å². The molecule has 0 radical (unpaired) electrons. The summed E-state index contributed by atoms with van der Waals surface area (Å²) < 4.78 is 52.8. The fourth-order valence-electron chi connectivity index (χ4n) is 3.13. The molecule has 1 N–H and O–H groups in total. The number of nitrogens with one attached hydrogen (secondary N) is 1. The number of carbonyl (C=O) groups is 1. The van der Waals surface area contributed by atoms with Gasteiger partial charge in [0.2, 0.25) is 15.9 Å². The van der Waals surface area contributed by atoms with Gasteiger partial charge in [-0.15, -0.1) is 0 Å². The van der Waals surface area contributed by atoms with Gasteiger partial charge in [-0.1, -0.05) is 23.7 Å². The first kappa shape index (κ1) is 20.7. The number of piperidine rings is 1. The van der Waals surface area contributed by atoms with E-state index in [2.05, 4.69) is 5.32 Å². The molecule has 1 amide bonds. The van der Waals surface area contributed by atoms with E-state index in [1.165, 1.54) is 4.31 Å². The predicted molar refractivity (Wildman–Crippen MR) is 101 cm³/mol. The van der Waals surface area contributed by atoms with E-state index in [0.29, 0.717) is 30.5 Å². The van der Waals surface area contributed by atoms with E-state index in [-0.39, 0.29) is 29.8 Å². The molecule has 3 rings (SSSR count). The quantitative estimate of drug-likeness (QED) is 0.794. The van der Waals surface area contributed by atoms with Crippen LogP contribution in [-0.4, -0.2) is 31.7 Å². The summed E-state index contributed by atoms with van der Waals surface area (Å²) in [5.41, 5.74) is 0.874. The SMILES string of the molecule is O=C(NCc1cccc(Cl)c1)C1CCN(S(=O)(=O)c2ccc(F)c(F)c2)CC1. The molecule has 150 valence electrons. The molecule has 9 heteroatoms. The van der Waals surface area contributed by atoms with Gasteiger partial charge in [0.15, 0.2) is 11.6 Å². The highest BCUT2D eigenvalue weighted by molar-refractivity contribution is 7.89. The molecule has 0 saturated carbocycles. The molecule has 1 aliphatic rings. The second kappa shape index (κ2) is 8.55. The Morgan fingerprint density at radius 3 is 2.46 bits per heavy atom. The molecule has 0 spiro atoms. The number of sulfonamides is 1. The van der Waals surface area contributed by atoms with Crippen LogP contribution in [0.25, 0.3) is 0 Å². The third-order valence-corrected chi connectivity index (χ3v) is 6.84. The fraction of sp³-hybridized carbons (Fsp3) is 0.316. The Morgan fingerprint density at radius 2 is 1.82 bits per heavy atom. The minimum Gasteiger partial charge on any atom is -0.352 e. The predicted octanol–water partition coefficient (Wildman–Crippen LogP) is 3.34. The number of hydrogen-bond donors (Lipinski definition) is 1. The van der Waals surface area contributed by atoms with Gasteiger partial charge in [0.05, 0.1) is 4.90 Å². The average molecular weight is 429 g/mol. The molecular weight excluding hydrogens is 410 g/mol. The standard InChI is InChI=1S/C19H19ClF2N2O3S/c20-15-3-1-2-13(10-15)12-23-19(25)14-6-8-24(9-7-14)28(26,27)16-4-5-17(21)18(22)11-16/h1-5,10-11,14H,6-9,12H2,(H,23,25).